The molecule has 3 aromatic carbocycles. The third-order valence-electron chi connectivity index (χ3n) is 4.49. The number of hydrogen-bond donors (Lipinski definition) is 0. The topological polar surface area (TPSA) is 26.3 Å². The first kappa shape index (κ1) is 19.2. The van der Waals surface area contributed by atoms with Gasteiger partial charge in [0.05, 0.1) is 0 Å². The zero-order chi connectivity index (χ0) is 19.1. The van der Waals surface area contributed by atoms with Gasteiger partial charge in [-0.2, -0.15) is 0 Å². The van der Waals surface area contributed by atoms with Crippen LogP contribution in [0.25, 0.3) is 0 Å². The molecule has 27 heavy (non-hydrogen) atoms. The maximum atomic E-state index is 12.7. The standard InChI is InChI=1S/C24H26O2S/c1-3-11-24(25)26-27(21-12-7-5-8-13-21,22-14-9-6-10-15-22)23-18-16-20(4-2)17-19-23/h5-10,12-19H,3-4,11H2,1-2H3. The Morgan fingerprint density at radius 1 is 0.741 bits per heavy atom. The van der Waals surface area contributed by atoms with Crippen LogP contribution in [0.1, 0.15) is 32.3 Å². The summed E-state index contributed by atoms with van der Waals surface area (Å²) in [6, 6.07) is 28.8. The number of aryl methyl sites for hydroxylation is 1. The molecule has 0 spiro atoms. The lowest BCUT2D eigenvalue weighted by Crippen LogP contribution is -2.13. The summed E-state index contributed by atoms with van der Waals surface area (Å²) in [5.74, 6) is -0.153. The van der Waals surface area contributed by atoms with E-state index < -0.39 is 10.3 Å². The van der Waals surface area contributed by atoms with E-state index >= 15 is 0 Å². The highest BCUT2D eigenvalue weighted by Gasteiger charge is 2.35. The van der Waals surface area contributed by atoms with Crippen LogP contribution in [-0.4, -0.2) is 5.97 Å². The molecule has 0 aliphatic heterocycles. The molecule has 0 aliphatic rings. The second kappa shape index (κ2) is 8.92. The molecule has 0 bridgehead atoms. The van der Waals surface area contributed by atoms with Gasteiger partial charge in [-0.05, 0) is 65.1 Å². The van der Waals surface area contributed by atoms with Crippen LogP contribution in [0.5, 0.6) is 0 Å². The summed E-state index contributed by atoms with van der Waals surface area (Å²) in [6.07, 6.45) is 2.17. The van der Waals surface area contributed by atoms with Gasteiger partial charge in [0.25, 0.3) is 0 Å². The SMILES string of the molecule is CCCC(=O)OS(c1ccccc1)(c1ccccc1)c1ccc(CC)cc1. The van der Waals surface area contributed by atoms with Gasteiger partial charge in [-0.3, -0.25) is 4.79 Å². The minimum Gasteiger partial charge on any atom is -0.402 e. The van der Waals surface area contributed by atoms with E-state index in [-0.39, 0.29) is 5.97 Å². The van der Waals surface area contributed by atoms with E-state index in [1.165, 1.54) is 5.56 Å². The monoisotopic (exact) mass is 378 g/mol. The van der Waals surface area contributed by atoms with E-state index in [2.05, 4.69) is 55.5 Å². The smallest absolute Gasteiger partial charge is 0.317 e. The van der Waals surface area contributed by atoms with Crippen molar-refractivity contribution in [3.63, 3.8) is 0 Å². The van der Waals surface area contributed by atoms with E-state index in [1.54, 1.807) is 0 Å². The fourth-order valence-corrected chi connectivity index (χ4v) is 6.15. The highest BCUT2D eigenvalue weighted by atomic mass is 32.3. The summed E-state index contributed by atoms with van der Waals surface area (Å²) in [7, 11) is -2.13. The lowest BCUT2D eigenvalue weighted by molar-refractivity contribution is -0.133. The van der Waals surface area contributed by atoms with Gasteiger partial charge in [0.15, 0.2) is 0 Å². The van der Waals surface area contributed by atoms with Crippen molar-refractivity contribution in [2.24, 2.45) is 0 Å². The number of carbonyl (C=O) groups is 1. The molecule has 0 saturated carbocycles. The molecule has 0 saturated heterocycles. The van der Waals surface area contributed by atoms with Crippen LogP contribution in [0.4, 0.5) is 0 Å². The minimum absolute atomic E-state index is 0.153. The predicted octanol–water partition coefficient (Wildman–Crippen LogP) is 6.79. The molecule has 0 atom stereocenters. The molecule has 0 N–H and O–H groups in total. The lowest BCUT2D eigenvalue weighted by Gasteiger charge is -2.39. The largest absolute Gasteiger partial charge is 0.402 e. The average Bonchev–Trinajstić information content (AvgIpc) is 2.73. The molecular formula is C24H26O2S. The fraction of sp³-hybridized carbons (Fsp3) is 0.208. The molecule has 0 amide bonds. The summed E-state index contributed by atoms with van der Waals surface area (Å²) in [5, 5.41) is 0. The van der Waals surface area contributed by atoms with Crippen LogP contribution < -0.4 is 0 Å². The number of hydrogen-bond acceptors (Lipinski definition) is 2. The highest BCUT2D eigenvalue weighted by Crippen LogP contribution is 2.69. The van der Waals surface area contributed by atoms with E-state index in [9.17, 15) is 4.79 Å². The molecule has 0 aliphatic carbocycles. The quantitative estimate of drug-likeness (QED) is 0.452. The average molecular weight is 379 g/mol. The van der Waals surface area contributed by atoms with Gasteiger partial charge in [0.2, 0.25) is 0 Å². The Kier molecular flexibility index (Phi) is 6.36. The lowest BCUT2D eigenvalue weighted by atomic mass is 10.2. The van der Waals surface area contributed by atoms with Crippen LogP contribution in [0, 0.1) is 0 Å². The Bertz CT molecular complexity index is 818. The number of benzene rings is 3. The van der Waals surface area contributed by atoms with E-state index in [1.807, 2.05) is 43.3 Å². The molecule has 0 aromatic heterocycles. The summed E-state index contributed by atoms with van der Waals surface area (Å²) in [4.78, 5) is 15.8. The van der Waals surface area contributed by atoms with E-state index in [0.29, 0.717) is 6.42 Å². The second-order valence-electron chi connectivity index (χ2n) is 6.39. The van der Waals surface area contributed by atoms with E-state index in [4.69, 9.17) is 4.18 Å². The minimum atomic E-state index is -2.13. The first-order valence-corrected chi connectivity index (χ1v) is 11.0. The maximum absolute atomic E-state index is 12.7. The normalized spacial score (nSPS) is 11.8. The fourth-order valence-electron chi connectivity index (χ4n) is 3.08. The second-order valence-corrected chi connectivity index (χ2v) is 9.08. The predicted molar refractivity (Wildman–Crippen MR) is 112 cm³/mol. The van der Waals surface area contributed by atoms with Gasteiger partial charge in [0, 0.05) is 21.1 Å². The summed E-state index contributed by atoms with van der Waals surface area (Å²) in [5.41, 5.74) is 1.27. The van der Waals surface area contributed by atoms with Crippen molar-refractivity contribution in [3.05, 3.63) is 90.5 Å². The van der Waals surface area contributed by atoms with Crippen LogP contribution in [0.2, 0.25) is 0 Å². The molecule has 2 nitrogen and oxygen atoms in total. The van der Waals surface area contributed by atoms with Crippen molar-refractivity contribution in [2.75, 3.05) is 0 Å². The molecular weight excluding hydrogens is 352 g/mol. The molecule has 0 fully saturated rings. The Hall–Kier alpha value is -2.52. The van der Waals surface area contributed by atoms with Gasteiger partial charge in [-0.1, -0.05) is 62.4 Å². The Morgan fingerprint density at radius 2 is 1.22 bits per heavy atom. The molecule has 3 aromatic rings. The number of carbonyl (C=O) groups excluding carboxylic acids is 1. The van der Waals surface area contributed by atoms with Crippen molar-refractivity contribution in [3.8, 4) is 0 Å². The van der Waals surface area contributed by atoms with Gasteiger partial charge >= 0.3 is 5.97 Å². The highest BCUT2D eigenvalue weighted by molar-refractivity contribution is 8.30. The first-order chi connectivity index (χ1) is 13.2. The van der Waals surface area contributed by atoms with Gasteiger partial charge in [-0.25, -0.2) is 0 Å². The van der Waals surface area contributed by atoms with Crippen LogP contribution in [0.3, 0.4) is 0 Å². The van der Waals surface area contributed by atoms with Gasteiger partial charge in [-0.15, -0.1) is 0 Å². The first-order valence-electron chi connectivity index (χ1n) is 9.45. The molecule has 0 unspecified atom stereocenters. The molecule has 0 heterocycles. The van der Waals surface area contributed by atoms with Crippen molar-refractivity contribution in [2.45, 2.75) is 47.8 Å². The molecule has 140 valence electrons. The molecule has 3 heteroatoms. The maximum Gasteiger partial charge on any atom is 0.317 e. The summed E-state index contributed by atoms with van der Waals surface area (Å²) in [6.45, 7) is 4.14. The summed E-state index contributed by atoms with van der Waals surface area (Å²) >= 11 is 0. The zero-order valence-corrected chi connectivity index (χ0v) is 16.7. The van der Waals surface area contributed by atoms with Crippen LogP contribution in [-0.2, 0) is 15.4 Å². The Balaban J connectivity index is 2.25. The Morgan fingerprint density at radius 3 is 1.67 bits per heavy atom. The third kappa shape index (κ3) is 4.09. The molecule has 3 rings (SSSR count). The van der Waals surface area contributed by atoms with E-state index in [0.717, 1.165) is 27.5 Å². The van der Waals surface area contributed by atoms with Crippen molar-refractivity contribution < 1.29 is 8.98 Å². The molecule has 0 radical (unpaired) electrons. The van der Waals surface area contributed by atoms with Crippen molar-refractivity contribution in [1.29, 1.82) is 0 Å². The van der Waals surface area contributed by atoms with Gasteiger partial charge in [0.1, 0.15) is 0 Å². The summed E-state index contributed by atoms with van der Waals surface area (Å²) < 4.78 is 6.35. The zero-order valence-electron chi connectivity index (χ0n) is 15.9. The Labute approximate surface area is 163 Å². The third-order valence-corrected chi connectivity index (χ3v) is 7.73. The van der Waals surface area contributed by atoms with Crippen molar-refractivity contribution in [1.82, 2.24) is 0 Å². The van der Waals surface area contributed by atoms with Crippen LogP contribution >= 0.6 is 10.3 Å². The van der Waals surface area contributed by atoms with Crippen molar-refractivity contribution >= 4 is 16.3 Å². The number of rotatable bonds is 7. The van der Waals surface area contributed by atoms with Gasteiger partial charge < -0.3 is 4.18 Å². The van der Waals surface area contributed by atoms with Crippen LogP contribution in [0.15, 0.2) is 99.6 Å².